The molecule has 1 aromatic carbocycles. The summed E-state index contributed by atoms with van der Waals surface area (Å²) < 4.78 is 7.66. The van der Waals surface area contributed by atoms with Crippen LogP contribution in [0.25, 0.3) is 0 Å². The Hall–Kier alpha value is -1.81. The molecule has 0 aliphatic carbocycles. The molecule has 1 unspecified atom stereocenters. The number of hydrogen-bond donors (Lipinski definition) is 1. The van der Waals surface area contributed by atoms with E-state index in [1.54, 1.807) is 0 Å². The van der Waals surface area contributed by atoms with Gasteiger partial charge in [0.1, 0.15) is 5.75 Å². The van der Waals surface area contributed by atoms with E-state index in [1.165, 1.54) is 11.3 Å². The zero-order valence-corrected chi connectivity index (χ0v) is 12.1. The smallest absolute Gasteiger partial charge is 0.124 e. The molecule has 106 valence electrons. The van der Waals surface area contributed by atoms with Crippen LogP contribution < -0.4 is 10.1 Å². The molecule has 1 aliphatic heterocycles. The Kier molecular flexibility index (Phi) is 3.74. The second kappa shape index (κ2) is 5.67. The average molecular weight is 271 g/mol. The van der Waals surface area contributed by atoms with Crippen LogP contribution in [0, 0.1) is 0 Å². The van der Waals surface area contributed by atoms with E-state index >= 15 is 0 Å². The van der Waals surface area contributed by atoms with Crippen molar-refractivity contribution in [2.24, 2.45) is 7.05 Å². The summed E-state index contributed by atoms with van der Waals surface area (Å²) >= 11 is 0. The third kappa shape index (κ3) is 2.56. The Bertz CT molecular complexity index is 591. The Labute approximate surface area is 119 Å². The maximum atomic E-state index is 5.69. The Balaban J connectivity index is 1.71. The predicted molar refractivity (Wildman–Crippen MR) is 78.7 cm³/mol. The summed E-state index contributed by atoms with van der Waals surface area (Å²) in [4.78, 5) is 0. The average Bonchev–Trinajstić information content (AvgIpc) is 2.85. The van der Waals surface area contributed by atoms with Gasteiger partial charge in [0.05, 0.1) is 18.0 Å². The molecule has 0 amide bonds. The number of hydrogen-bond acceptors (Lipinski definition) is 3. The highest BCUT2D eigenvalue weighted by atomic mass is 16.5. The van der Waals surface area contributed by atoms with Crippen molar-refractivity contribution in [1.82, 2.24) is 15.1 Å². The van der Waals surface area contributed by atoms with Gasteiger partial charge in [0.15, 0.2) is 0 Å². The van der Waals surface area contributed by atoms with Gasteiger partial charge in [-0.2, -0.15) is 5.10 Å². The van der Waals surface area contributed by atoms with Crippen molar-refractivity contribution in [1.29, 1.82) is 0 Å². The molecule has 3 rings (SSSR count). The van der Waals surface area contributed by atoms with Gasteiger partial charge in [-0.1, -0.05) is 25.1 Å². The fourth-order valence-electron chi connectivity index (χ4n) is 2.69. The minimum atomic E-state index is 0.361. The van der Waals surface area contributed by atoms with E-state index in [0.717, 1.165) is 37.4 Å². The van der Waals surface area contributed by atoms with E-state index in [9.17, 15) is 0 Å². The first-order valence-corrected chi connectivity index (χ1v) is 7.25. The molecule has 0 saturated heterocycles. The van der Waals surface area contributed by atoms with Crippen LogP contribution in [0.15, 0.2) is 30.3 Å². The molecule has 1 aliphatic rings. The number of aryl methyl sites for hydroxylation is 2. The third-order valence-corrected chi connectivity index (χ3v) is 3.88. The van der Waals surface area contributed by atoms with Crippen molar-refractivity contribution in [2.75, 3.05) is 6.61 Å². The molecule has 0 bridgehead atoms. The monoisotopic (exact) mass is 271 g/mol. The van der Waals surface area contributed by atoms with E-state index in [-0.39, 0.29) is 0 Å². The summed E-state index contributed by atoms with van der Waals surface area (Å²) in [6.07, 6.45) is 1.99. The third-order valence-electron chi connectivity index (χ3n) is 3.88. The van der Waals surface area contributed by atoms with Crippen LogP contribution in [-0.2, 0) is 20.0 Å². The highest BCUT2D eigenvalue weighted by molar-refractivity contribution is 5.37. The molecular weight excluding hydrogens is 250 g/mol. The maximum absolute atomic E-state index is 5.69. The molecule has 4 heteroatoms. The van der Waals surface area contributed by atoms with Gasteiger partial charge in [-0.3, -0.25) is 4.68 Å². The summed E-state index contributed by atoms with van der Waals surface area (Å²) in [6, 6.07) is 10.8. The predicted octanol–water partition coefficient (Wildman–Crippen LogP) is 2.60. The van der Waals surface area contributed by atoms with Crippen LogP contribution in [0.1, 0.15) is 36.3 Å². The topological polar surface area (TPSA) is 39.1 Å². The Morgan fingerprint density at radius 1 is 1.40 bits per heavy atom. The van der Waals surface area contributed by atoms with Crippen LogP contribution in [0.3, 0.4) is 0 Å². The highest BCUT2D eigenvalue weighted by Gasteiger charge is 2.20. The molecule has 20 heavy (non-hydrogen) atoms. The van der Waals surface area contributed by atoms with E-state index in [1.807, 2.05) is 23.9 Å². The fourth-order valence-corrected chi connectivity index (χ4v) is 2.69. The van der Waals surface area contributed by atoms with E-state index in [2.05, 4.69) is 35.5 Å². The lowest BCUT2D eigenvalue weighted by Gasteiger charge is -2.26. The van der Waals surface area contributed by atoms with Gasteiger partial charge in [0.2, 0.25) is 0 Å². The number of rotatable bonds is 4. The van der Waals surface area contributed by atoms with E-state index in [0.29, 0.717) is 6.04 Å². The first-order valence-electron chi connectivity index (χ1n) is 7.25. The number of fused-ring (bicyclic) bond motifs is 1. The summed E-state index contributed by atoms with van der Waals surface area (Å²) in [6.45, 7) is 3.75. The summed E-state index contributed by atoms with van der Waals surface area (Å²) in [5.74, 6) is 1.01. The molecule has 1 atom stereocenters. The van der Waals surface area contributed by atoms with Crippen molar-refractivity contribution in [3.8, 4) is 5.75 Å². The lowest BCUT2D eigenvalue weighted by molar-refractivity contribution is 0.251. The Morgan fingerprint density at radius 3 is 3.05 bits per heavy atom. The van der Waals surface area contributed by atoms with Crippen molar-refractivity contribution in [3.63, 3.8) is 0 Å². The zero-order chi connectivity index (χ0) is 13.9. The number of benzene rings is 1. The minimum Gasteiger partial charge on any atom is -0.493 e. The van der Waals surface area contributed by atoms with E-state index < -0.39 is 0 Å². The SMILES string of the molecule is CCc1cc(CNC2CCOc3ccccc32)n(C)n1. The lowest BCUT2D eigenvalue weighted by atomic mass is 10.0. The summed E-state index contributed by atoms with van der Waals surface area (Å²) in [7, 11) is 2.01. The second-order valence-electron chi connectivity index (χ2n) is 5.21. The maximum Gasteiger partial charge on any atom is 0.124 e. The molecule has 0 fully saturated rings. The molecule has 2 aromatic rings. The van der Waals surface area contributed by atoms with Gasteiger partial charge < -0.3 is 10.1 Å². The molecule has 0 saturated carbocycles. The normalized spacial score (nSPS) is 17.6. The molecule has 1 N–H and O–H groups in total. The first kappa shape index (κ1) is 13.2. The summed E-state index contributed by atoms with van der Waals surface area (Å²) in [5.41, 5.74) is 3.64. The minimum absolute atomic E-state index is 0.361. The Morgan fingerprint density at radius 2 is 2.25 bits per heavy atom. The fraction of sp³-hybridized carbons (Fsp3) is 0.438. The summed E-state index contributed by atoms with van der Waals surface area (Å²) in [5, 5.41) is 8.12. The molecule has 0 radical (unpaired) electrons. The second-order valence-corrected chi connectivity index (χ2v) is 5.21. The zero-order valence-electron chi connectivity index (χ0n) is 12.1. The van der Waals surface area contributed by atoms with Gasteiger partial charge in [0.25, 0.3) is 0 Å². The lowest BCUT2D eigenvalue weighted by Crippen LogP contribution is -2.27. The molecule has 0 spiro atoms. The van der Waals surface area contributed by atoms with Gasteiger partial charge >= 0.3 is 0 Å². The quantitative estimate of drug-likeness (QED) is 0.929. The molecule has 2 heterocycles. The molecular formula is C16H21N3O. The van der Waals surface area contributed by atoms with Crippen molar-refractivity contribution in [3.05, 3.63) is 47.3 Å². The number of nitrogens with one attached hydrogen (secondary N) is 1. The van der Waals surface area contributed by atoms with Crippen LogP contribution in [0.2, 0.25) is 0 Å². The van der Waals surface area contributed by atoms with Crippen molar-refractivity contribution in [2.45, 2.75) is 32.4 Å². The van der Waals surface area contributed by atoms with Crippen molar-refractivity contribution < 1.29 is 4.74 Å². The van der Waals surface area contributed by atoms with Gasteiger partial charge in [0, 0.05) is 31.6 Å². The van der Waals surface area contributed by atoms with Crippen molar-refractivity contribution >= 4 is 0 Å². The van der Waals surface area contributed by atoms with Crippen LogP contribution in [-0.4, -0.2) is 16.4 Å². The number of aromatic nitrogens is 2. The first-order chi connectivity index (χ1) is 9.78. The highest BCUT2D eigenvalue weighted by Crippen LogP contribution is 2.31. The van der Waals surface area contributed by atoms with Gasteiger partial charge in [-0.15, -0.1) is 0 Å². The number of nitrogens with zero attached hydrogens (tertiary/aromatic N) is 2. The van der Waals surface area contributed by atoms with Crippen LogP contribution in [0.5, 0.6) is 5.75 Å². The van der Waals surface area contributed by atoms with E-state index in [4.69, 9.17) is 4.74 Å². The van der Waals surface area contributed by atoms with Crippen LogP contribution in [0.4, 0.5) is 0 Å². The molecule has 4 nitrogen and oxygen atoms in total. The number of para-hydroxylation sites is 1. The number of ether oxygens (including phenoxy) is 1. The van der Waals surface area contributed by atoms with Gasteiger partial charge in [-0.05, 0) is 18.6 Å². The van der Waals surface area contributed by atoms with Gasteiger partial charge in [-0.25, -0.2) is 0 Å². The standard InChI is InChI=1S/C16H21N3O/c1-3-12-10-13(19(2)18-12)11-17-15-8-9-20-16-7-5-4-6-14(15)16/h4-7,10,15,17H,3,8-9,11H2,1-2H3. The largest absolute Gasteiger partial charge is 0.493 e. The molecule has 1 aromatic heterocycles. The van der Waals surface area contributed by atoms with Crippen LogP contribution >= 0.6 is 0 Å².